The lowest BCUT2D eigenvalue weighted by molar-refractivity contribution is 0.354. The summed E-state index contributed by atoms with van der Waals surface area (Å²) in [4.78, 5) is 0. The molecular weight excluding hydrogens is 318 g/mol. The Kier molecular flexibility index (Phi) is 3.81. The molecular formula is C18H17N5O2. The van der Waals surface area contributed by atoms with Crippen LogP contribution in [0.25, 0.3) is 5.70 Å². The number of tetrazole rings is 1. The van der Waals surface area contributed by atoms with Gasteiger partial charge in [0, 0.05) is 5.70 Å². The maximum Gasteiger partial charge on any atom is 0.248 e. The van der Waals surface area contributed by atoms with Gasteiger partial charge in [-0.15, -0.1) is 0 Å². The van der Waals surface area contributed by atoms with E-state index in [-0.39, 0.29) is 6.04 Å². The van der Waals surface area contributed by atoms with E-state index in [2.05, 4.69) is 26.9 Å². The van der Waals surface area contributed by atoms with E-state index < -0.39 is 0 Å². The summed E-state index contributed by atoms with van der Waals surface area (Å²) in [7, 11) is 3.24. The Hall–Kier alpha value is -3.35. The molecule has 126 valence electrons. The normalized spacial score (nSPS) is 15.8. The van der Waals surface area contributed by atoms with Crippen molar-refractivity contribution in [1.29, 1.82) is 0 Å². The molecule has 0 saturated carbocycles. The maximum atomic E-state index is 5.43. The van der Waals surface area contributed by atoms with Crippen molar-refractivity contribution in [2.45, 2.75) is 6.04 Å². The van der Waals surface area contributed by atoms with Crippen molar-refractivity contribution in [2.75, 3.05) is 19.5 Å². The van der Waals surface area contributed by atoms with Crippen LogP contribution in [0.2, 0.25) is 0 Å². The molecule has 0 fully saturated rings. The zero-order chi connectivity index (χ0) is 17.2. The highest BCUT2D eigenvalue weighted by Gasteiger charge is 2.25. The number of hydrogen-bond donors (Lipinski definition) is 1. The zero-order valence-corrected chi connectivity index (χ0v) is 13.9. The van der Waals surface area contributed by atoms with Crippen molar-refractivity contribution in [3.05, 3.63) is 65.7 Å². The lowest BCUT2D eigenvalue weighted by Gasteiger charge is -2.24. The molecule has 7 nitrogen and oxygen atoms in total. The summed E-state index contributed by atoms with van der Waals surface area (Å²) < 4.78 is 12.5. The quantitative estimate of drug-likeness (QED) is 0.790. The second-order valence-corrected chi connectivity index (χ2v) is 5.58. The number of rotatable bonds is 4. The van der Waals surface area contributed by atoms with E-state index >= 15 is 0 Å². The van der Waals surface area contributed by atoms with Crippen LogP contribution in [0.4, 0.5) is 5.95 Å². The molecule has 1 aromatic heterocycles. The van der Waals surface area contributed by atoms with Crippen LogP contribution in [0, 0.1) is 0 Å². The fraction of sp³-hybridized carbons (Fsp3) is 0.167. The van der Waals surface area contributed by atoms with Crippen LogP contribution < -0.4 is 14.8 Å². The molecule has 7 heteroatoms. The summed E-state index contributed by atoms with van der Waals surface area (Å²) in [5, 5.41) is 15.3. The summed E-state index contributed by atoms with van der Waals surface area (Å²) in [5.41, 5.74) is 3.03. The molecule has 0 bridgehead atoms. The third-order valence-electron chi connectivity index (χ3n) is 4.16. The highest BCUT2D eigenvalue weighted by molar-refractivity contribution is 5.76. The SMILES string of the molecule is COc1ccc(C2C=C(c3ccccc3)Nc3nnnn32)cc1OC. The maximum absolute atomic E-state index is 5.43. The molecule has 3 aromatic rings. The lowest BCUT2D eigenvalue weighted by atomic mass is 10.0. The topological polar surface area (TPSA) is 74.1 Å². The summed E-state index contributed by atoms with van der Waals surface area (Å²) >= 11 is 0. The van der Waals surface area contributed by atoms with Gasteiger partial charge >= 0.3 is 0 Å². The van der Waals surface area contributed by atoms with Gasteiger partial charge in [0.2, 0.25) is 5.95 Å². The van der Waals surface area contributed by atoms with Crippen LogP contribution in [-0.4, -0.2) is 34.4 Å². The van der Waals surface area contributed by atoms with Crippen LogP contribution in [0.1, 0.15) is 17.2 Å². The first-order chi connectivity index (χ1) is 12.3. The number of allylic oxidation sites excluding steroid dienone is 1. The minimum atomic E-state index is -0.152. The van der Waals surface area contributed by atoms with Gasteiger partial charge < -0.3 is 14.8 Å². The minimum Gasteiger partial charge on any atom is -0.493 e. The van der Waals surface area contributed by atoms with Gasteiger partial charge in [-0.2, -0.15) is 4.68 Å². The second-order valence-electron chi connectivity index (χ2n) is 5.58. The Morgan fingerprint density at radius 1 is 1.00 bits per heavy atom. The molecule has 1 unspecified atom stereocenters. The van der Waals surface area contributed by atoms with E-state index in [9.17, 15) is 0 Å². The molecule has 2 aromatic carbocycles. The molecule has 0 aliphatic carbocycles. The summed E-state index contributed by atoms with van der Waals surface area (Å²) in [6.45, 7) is 0. The van der Waals surface area contributed by atoms with Crippen molar-refractivity contribution in [2.24, 2.45) is 0 Å². The highest BCUT2D eigenvalue weighted by atomic mass is 16.5. The molecule has 1 N–H and O–H groups in total. The Labute approximate surface area is 144 Å². The third-order valence-corrected chi connectivity index (χ3v) is 4.16. The largest absolute Gasteiger partial charge is 0.493 e. The minimum absolute atomic E-state index is 0.152. The van der Waals surface area contributed by atoms with Crippen molar-refractivity contribution < 1.29 is 9.47 Å². The predicted molar refractivity (Wildman–Crippen MR) is 93.5 cm³/mol. The molecule has 1 aliphatic heterocycles. The van der Waals surface area contributed by atoms with E-state index in [4.69, 9.17) is 9.47 Å². The van der Waals surface area contributed by atoms with Crippen LogP contribution in [0.5, 0.6) is 11.5 Å². The van der Waals surface area contributed by atoms with Crippen LogP contribution >= 0.6 is 0 Å². The second kappa shape index (κ2) is 6.27. The molecule has 0 amide bonds. The summed E-state index contributed by atoms with van der Waals surface area (Å²) in [6.07, 6.45) is 2.10. The first-order valence-corrected chi connectivity index (χ1v) is 7.84. The summed E-state index contributed by atoms with van der Waals surface area (Å²) in [6, 6.07) is 15.7. The van der Waals surface area contributed by atoms with Gasteiger partial charge in [0.1, 0.15) is 6.04 Å². The van der Waals surface area contributed by atoms with E-state index in [1.807, 2.05) is 48.5 Å². The van der Waals surface area contributed by atoms with E-state index in [1.165, 1.54) is 0 Å². The number of hydrogen-bond acceptors (Lipinski definition) is 6. The van der Waals surface area contributed by atoms with E-state index in [0.29, 0.717) is 17.4 Å². The number of benzene rings is 2. The Morgan fingerprint density at radius 3 is 2.56 bits per heavy atom. The molecule has 4 rings (SSSR count). The van der Waals surface area contributed by atoms with Gasteiger partial charge in [0.05, 0.1) is 14.2 Å². The Balaban J connectivity index is 1.81. The van der Waals surface area contributed by atoms with Gasteiger partial charge in [-0.1, -0.05) is 41.5 Å². The standard InChI is InChI=1S/C18H17N5O2/c1-24-16-9-8-13(10-17(16)25-2)15-11-14(12-6-4-3-5-7-12)19-18-20-21-22-23(15)18/h3-11,15H,1-2H3,(H,19,20,22). The third kappa shape index (κ3) is 2.69. The van der Waals surface area contributed by atoms with Crippen LogP contribution in [0.15, 0.2) is 54.6 Å². The monoisotopic (exact) mass is 335 g/mol. The summed E-state index contributed by atoms with van der Waals surface area (Å²) in [5.74, 6) is 1.95. The number of fused-ring (bicyclic) bond motifs is 1. The molecule has 0 radical (unpaired) electrons. The van der Waals surface area contributed by atoms with E-state index in [1.54, 1.807) is 18.9 Å². The van der Waals surface area contributed by atoms with Gasteiger partial charge in [0.15, 0.2) is 11.5 Å². The molecule has 2 heterocycles. The van der Waals surface area contributed by atoms with Crippen molar-refractivity contribution in [3.63, 3.8) is 0 Å². The van der Waals surface area contributed by atoms with Gasteiger partial charge in [-0.3, -0.25) is 0 Å². The highest BCUT2D eigenvalue weighted by Crippen LogP contribution is 2.35. The lowest BCUT2D eigenvalue weighted by Crippen LogP contribution is -2.20. The number of aromatic nitrogens is 4. The van der Waals surface area contributed by atoms with Crippen LogP contribution in [0.3, 0.4) is 0 Å². The number of ether oxygens (including phenoxy) is 2. The average molecular weight is 335 g/mol. The number of anilines is 1. The molecule has 0 saturated heterocycles. The van der Waals surface area contributed by atoms with Gasteiger partial charge in [0.25, 0.3) is 0 Å². The van der Waals surface area contributed by atoms with Gasteiger partial charge in [-0.05, 0) is 39.8 Å². The molecule has 25 heavy (non-hydrogen) atoms. The number of nitrogens with one attached hydrogen (secondary N) is 1. The number of methoxy groups -OCH3 is 2. The Morgan fingerprint density at radius 2 is 1.80 bits per heavy atom. The van der Waals surface area contributed by atoms with Crippen LogP contribution in [-0.2, 0) is 0 Å². The predicted octanol–water partition coefficient (Wildman–Crippen LogP) is 2.75. The average Bonchev–Trinajstić information content (AvgIpc) is 3.16. The molecule has 0 spiro atoms. The van der Waals surface area contributed by atoms with Gasteiger partial charge in [-0.25, -0.2) is 0 Å². The van der Waals surface area contributed by atoms with Crippen molar-refractivity contribution in [3.8, 4) is 11.5 Å². The number of nitrogens with zero attached hydrogens (tertiary/aromatic N) is 4. The smallest absolute Gasteiger partial charge is 0.248 e. The Bertz CT molecular complexity index is 920. The first-order valence-electron chi connectivity index (χ1n) is 7.84. The van der Waals surface area contributed by atoms with Crippen molar-refractivity contribution >= 4 is 11.6 Å². The molecule has 1 atom stereocenters. The van der Waals surface area contributed by atoms with Crippen molar-refractivity contribution in [1.82, 2.24) is 20.2 Å². The fourth-order valence-electron chi connectivity index (χ4n) is 2.91. The molecule has 1 aliphatic rings. The fourth-order valence-corrected chi connectivity index (χ4v) is 2.91. The first kappa shape index (κ1) is 15.2. The zero-order valence-electron chi connectivity index (χ0n) is 13.9. The van der Waals surface area contributed by atoms with E-state index in [0.717, 1.165) is 16.8 Å².